The second-order valence-electron chi connectivity index (χ2n) is 3.80. The van der Waals surface area contributed by atoms with Gasteiger partial charge in [0.15, 0.2) is 0 Å². The quantitative estimate of drug-likeness (QED) is 0.827. The standard InChI is InChI=1S/C11H18N4O/c1-5-15(4)10(16)9(3)14-11-12-6-8(2)7-13-11/h6-7,9H,5H2,1-4H3,(H,12,13,14). The van der Waals surface area contributed by atoms with Crippen LogP contribution in [0.4, 0.5) is 5.95 Å². The molecular formula is C11H18N4O. The Bertz CT molecular complexity index is 350. The van der Waals surface area contributed by atoms with Gasteiger partial charge in [0, 0.05) is 26.0 Å². The topological polar surface area (TPSA) is 58.1 Å². The summed E-state index contributed by atoms with van der Waals surface area (Å²) in [6.45, 7) is 6.35. The van der Waals surface area contributed by atoms with Crippen molar-refractivity contribution in [1.29, 1.82) is 0 Å². The van der Waals surface area contributed by atoms with Gasteiger partial charge in [-0.3, -0.25) is 4.79 Å². The second-order valence-corrected chi connectivity index (χ2v) is 3.80. The molecule has 0 spiro atoms. The zero-order chi connectivity index (χ0) is 12.1. The molecule has 0 aromatic carbocycles. The predicted octanol–water partition coefficient (Wildman–Crippen LogP) is 1.06. The fourth-order valence-electron chi connectivity index (χ4n) is 1.21. The lowest BCUT2D eigenvalue weighted by Crippen LogP contribution is -2.39. The number of rotatable bonds is 4. The van der Waals surface area contributed by atoms with Crippen molar-refractivity contribution < 1.29 is 4.79 Å². The molecule has 1 unspecified atom stereocenters. The molecule has 5 heteroatoms. The average Bonchev–Trinajstić information content (AvgIpc) is 2.30. The maximum absolute atomic E-state index is 11.8. The number of nitrogens with one attached hydrogen (secondary N) is 1. The molecule has 0 aliphatic rings. The Morgan fingerprint density at radius 1 is 1.50 bits per heavy atom. The van der Waals surface area contributed by atoms with Gasteiger partial charge in [0.1, 0.15) is 6.04 Å². The number of likely N-dealkylation sites (N-methyl/N-ethyl adjacent to an activating group) is 1. The van der Waals surface area contributed by atoms with Gasteiger partial charge in [0.2, 0.25) is 11.9 Å². The molecule has 0 aliphatic heterocycles. The van der Waals surface area contributed by atoms with Gasteiger partial charge in [-0.15, -0.1) is 0 Å². The van der Waals surface area contributed by atoms with E-state index < -0.39 is 0 Å². The molecule has 1 aromatic heterocycles. The van der Waals surface area contributed by atoms with E-state index in [0.717, 1.165) is 5.56 Å². The zero-order valence-electron chi connectivity index (χ0n) is 10.2. The minimum atomic E-state index is -0.312. The molecule has 0 aliphatic carbocycles. The van der Waals surface area contributed by atoms with E-state index in [1.165, 1.54) is 0 Å². The van der Waals surface area contributed by atoms with Crippen molar-refractivity contribution in [2.75, 3.05) is 18.9 Å². The SMILES string of the molecule is CCN(C)C(=O)C(C)Nc1ncc(C)cn1. The largest absolute Gasteiger partial charge is 0.344 e. The monoisotopic (exact) mass is 222 g/mol. The highest BCUT2D eigenvalue weighted by Crippen LogP contribution is 2.02. The molecule has 1 amide bonds. The first-order chi connectivity index (χ1) is 7.54. The Morgan fingerprint density at radius 2 is 2.06 bits per heavy atom. The summed E-state index contributed by atoms with van der Waals surface area (Å²) in [7, 11) is 1.77. The number of hydrogen-bond acceptors (Lipinski definition) is 4. The average molecular weight is 222 g/mol. The van der Waals surface area contributed by atoms with Crippen molar-refractivity contribution in [3.8, 4) is 0 Å². The van der Waals surface area contributed by atoms with Crippen molar-refractivity contribution in [2.24, 2.45) is 0 Å². The fourth-order valence-corrected chi connectivity index (χ4v) is 1.21. The van der Waals surface area contributed by atoms with Crippen LogP contribution in [0.25, 0.3) is 0 Å². The highest BCUT2D eigenvalue weighted by molar-refractivity contribution is 5.83. The summed E-state index contributed by atoms with van der Waals surface area (Å²) < 4.78 is 0. The van der Waals surface area contributed by atoms with E-state index >= 15 is 0 Å². The Kier molecular flexibility index (Phi) is 4.22. The number of amides is 1. The van der Waals surface area contributed by atoms with Gasteiger partial charge in [0.25, 0.3) is 0 Å². The predicted molar refractivity (Wildman–Crippen MR) is 63.2 cm³/mol. The first-order valence-corrected chi connectivity index (χ1v) is 5.34. The molecule has 1 aromatic rings. The number of anilines is 1. The van der Waals surface area contributed by atoms with Gasteiger partial charge in [-0.05, 0) is 26.3 Å². The van der Waals surface area contributed by atoms with Gasteiger partial charge < -0.3 is 10.2 Å². The van der Waals surface area contributed by atoms with E-state index in [1.807, 2.05) is 13.8 Å². The molecule has 0 fully saturated rings. The maximum atomic E-state index is 11.8. The van der Waals surface area contributed by atoms with Crippen molar-refractivity contribution in [2.45, 2.75) is 26.8 Å². The van der Waals surface area contributed by atoms with Gasteiger partial charge >= 0.3 is 0 Å². The van der Waals surface area contributed by atoms with Crippen LogP contribution in [0.15, 0.2) is 12.4 Å². The second kappa shape index (κ2) is 5.44. The van der Waals surface area contributed by atoms with Crippen LogP contribution in [0.1, 0.15) is 19.4 Å². The molecule has 88 valence electrons. The van der Waals surface area contributed by atoms with E-state index in [0.29, 0.717) is 12.5 Å². The van der Waals surface area contributed by atoms with E-state index in [2.05, 4.69) is 15.3 Å². The van der Waals surface area contributed by atoms with Crippen LogP contribution in [0.2, 0.25) is 0 Å². The molecule has 0 bridgehead atoms. The number of carbonyl (C=O) groups is 1. The Balaban J connectivity index is 2.60. The third-order valence-corrected chi connectivity index (χ3v) is 2.35. The van der Waals surface area contributed by atoms with Crippen molar-refractivity contribution in [1.82, 2.24) is 14.9 Å². The summed E-state index contributed by atoms with van der Waals surface area (Å²) in [6.07, 6.45) is 3.44. The van der Waals surface area contributed by atoms with Gasteiger partial charge in [0.05, 0.1) is 0 Å². The summed E-state index contributed by atoms with van der Waals surface area (Å²) in [6, 6.07) is -0.312. The molecule has 1 heterocycles. The van der Waals surface area contributed by atoms with Gasteiger partial charge in [-0.25, -0.2) is 9.97 Å². The molecular weight excluding hydrogens is 204 g/mol. The highest BCUT2D eigenvalue weighted by atomic mass is 16.2. The summed E-state index contributed by atoms with van der Waals surface area (Å²) in [5, 5.41) is 2.97. The zero-order valence-corrected chi connectivity index (χ0v) is 10.2. The third-order valence-electron chi connectivity index (χ3n) is 2.35. The summed E-state index contributed by atoms with van der Waals surface area (Å²) in [4.78, 5) is 21.6. The number of carbonyl (C=O) groups excluding carboxylic acids is 1. The minimum Gasteiger partial charge on any atom is -0.344 e. The third kappa shape index (κ3) is 3.18. The van der Waals surface area contributed by atoms with Crippen LogP contribution < -0.4 is 5.32 Å². The summed E-state index contributed by atoms with van der Waals surface area (Å²) >= 11 is 0. The number of hydrogen-bond donors (Lipinski definition) is 1. The fraction of sp³-hybridized carbons (Fsp3) is 0.545. The van der Waals surface area contributed by atoms with Gasteiger partial charge in [-0.2, -0.15) is 0 Å². The number of aromatic nitrogens is 2. The lowest BCUT2D eigenvalue weighted by molar-refractivity contribution is -0.130. The minimum absolute atomic E-state index is 0.0340. The van der Waals surface area contributed by atoms with Crippen LogP contribution in [-0.4, -0.2) is 40.4 Å². The van der Waals surface area contributed by atoms with E-state index in [1.54, 1.807) is 31.3 Å². The van der Waals surface area contributed by atoms with Crippen LogP contribution >= 0.6 is 0 Å². The molecule has 5 nitrogen and oxygen atoms in total. The van der Waals surface area contributed by atoms with Crippen LogP contribution in [0, 0.1) is 6.92 Å². The van der Waals surface area contributed by atoms with Crippen LogP contribution in [0.3, 0.4) is 0 Å². The maximum Gasteiger partial charge on any atom is 0.244 e. The van der Waals surface area contributed by atoms with Crippen molar-refractivity contribution in [3.63, 3.8) is 0 Å². The Morgan fingerprint density at radius 3 is 2.56 bits per heavy atom. The molecule has 0 radical (unpaired) electrons. The van der Waals surface area contributed by atoms with E-state index in [4.69, 9.17) is 0 Å². The van der Waals surface area contributed by atoms with Crippen molar-refractivity contribution in [3.05, 3.63) is 18.0 Å². The normalized spacial score (nSPS) is 12.0. The van der Waals surface area contributed by atoms with E-state index in [9.17, 15) is 4.79 Å². The van der Waals surface area contributed by atoms with Crippen LogP contribution in [0.5, 0.6) is 0 Å². The molecule has 0 saturated carbocycles. The lowest BCUT2D eigenvalue weighted by atomic mass is 10.3. The van der Waals surface area contributed by atoms with E-state index in [-0.39, 0.29) is 11.9 Å². The summed E-state index contributed by atoms with van der Waals surface area (Å²) in [5.74, 6) is 0.516. The molecule has 1 atom stereocenters. The lowest BCUT2D eigenvalue weighted by Gasteiger charge is -2.20. The first-order valence-electron chi connectivity index (χ1n) is 5.34. The van der Waals surface area contributed by atoms with Gasteiger partial charge in [-0.1, -0.05) is 0 Å². The molecule has 16 heavy (non-hydrogen) atoms. The molecule has 1 N–H and O–H groups in total. The number of aryl methyl sites for hydroxylation is 1. The Hall–Kier alpha value is -1.65. The summed E-state index contributed by atoms with van der Waals surface area (Å²) in [5.41, 5.74) is 0.996. The number of nitrogens with zero attached hydrogens (tertiary/aromatic N) is 3. The van der Waals surface area contributed by atoms with Crippen molar-refractivity contribution >= 4 is 11.9 Å². The molecule has 1 rings (SSSR count). The highest BCUT2D eigenvalue weighted by Gasteiger charge is 2.16. The molecule has 0 saturated heterocycles. The smallest absolute Gasteiger partial charge is 0.244 e. The van der Waals surface area contributed by atoms with Crippen LogP contribution in [-0.2, 0) is 4.79 Å². The first kappa shape index (κ1) is 12.4. The Labute approximate surface area is 95.9 Å².